The van der Waals surface area contributed by atoms with Crippen LogP contribution in [0, 0.1) is 30.5 Å². The Hall–Kier alpha value is -2.74. The molecule has 0 spiro atoms. The lowest BCUT2D eigenvalue weighted by atomic mass is 9.75. The summed E-state index contributed by atoms with van der Waals surface area (Å²) in [5.41, 5.74) is 1.44. The predicted octanol–water partition coefficient (Wildman–Crippen LogP) is 5.70. The van der Waals surface area contributed by atoms with Crippen molar-refractivity contribution >= 4 is 33.5 Å². The number of hydrogen-bond acceptors (Lipinski definition) is 6. The molecule has 1 aliphatic rings. The number of fused-ring (bicyclic) bond motifs is 1. The van der Waals surface area contributed by atoms with Crippen molar-refractivity contribution < 1.29 is 23.5 Å². The number of carbonyl (C=O) groups excluding carboxylic acids is 2. The molecule has 8 heteroatoms. The van der Waals surface area contributed by atoms with Crippen LogP contribution < -0.4 is 0 Å². The van der Waals surface area contributed by atoms with Crippen molar-refractivity contribution in [2.24, 2.45) is 17.8 Å². The summed E-state index contributed by atoms with van der Waals surface area (Å²) in [4.78, 5) is 26.2. The Labute approximate surface area is 196 Å². The highest BCUT2D eigenvalue weighted by Gasteiger charge is 2.33. The zero-order chi connectivity index (χ0) is 23.7. The first-order chi connectivity index (χ1) is 15.7. The highest BCUT2D eigenvalue weighted by molar-refractivity contribution is 7.20. The van der Waals surface area contributed by atoms with Gasteiger partial charge < -0.3 is 9.47 Å². The molecule has 3 aromatic rings. The average molecular weight is 473 g/mol. The lowest BCUT2D eigenvalue weighted by molar-refractivity contribution is -0.159. The van der Waals surface area contributed by atoms with E-state index in [1.807, 2.05) is 6.92 Å². The van der Waals surface area contributed by atoms with Crippen LogP contribution in [-0.4, -0.2) is 34.4 Å². The Kier molecular flexibility index (Phi) is 6.83. The number of hydrogen-bond donors (Lipinski definition) is 0. The van der Waals surface area contributed by atoms with Gasteiger partial charge in [0.1, 0.15) is 21.6 Å². The maximum absolute atomic E-state index is 13.3. The van der Waals surface area contributed by atoms with E-state index >= 15 is 0 Å². The van der Waals surface area contributed by atoms with Gasteiger partial charge in [0.05, 0.1) is 11.4 Å². The van der Waals surface area contributed by atoms with E-state index in [9.17, 15) is 14.0 Å². The van der Waals surface area contributed by atoms with Crippen LogP contribution in [0.2, 0.25) is 0 Å². The van der Waals surface area contributed by atoms with Gasteiger partial charge in [-0.15, -0.1) is 11.3 Å². The number of esters is 2. The lowest BCUT2D eigenvalue weighted by Gasteiger charge is -2.36. The molecule has 0 saturated heterocycles. The first-order valence-corrected chi connectivity index (χ1v) is 12.2. The molecular weight excluding hydrogens is 443 g/mol. The maximum Gasteiger partial charge on any atom is 0.348 e. The van der Waals surface area contributed by atoms with Gasteiger partial charge in [0.15, 0.2) is 6.61 Å². The number of aryl methyl sites for hydroxylation is 1. The molecule has 0 unspecified atom stereocenters. The minimum Gasteiger partial charge on any atom is -0.460 e. The Morgan fingerprint density at radius 2 is 1.97 bits per heavy atom. The molecule has 2 heterocycles. The summed E-state index contributed by atoms with van der Waals surface area (Å²) in [6, 6.07) is 7.71. The van der Waals surface area contributed by atoms with Crippen molar-refractivity contribution in [1.82, 2.24) is 9.78 Å². The van der Waals surface area contributed by atoms with Crippen molar-refractivity contribution in [1.29, 1.82) is 0 Å². The van der Waals surface area contributed by atoms with Crippen LogP contribution >= 0.6 is 11.3 Å². The predicted molar refractivity (Wildman–Crippen MR) is 125 cm³/mol. The van der Waals surface area contributed by atoms with Gasteiger partial charge in [-0.2, -0.15) is 5.10 Å². The molecule has 1 fully saturated rings. The van der Waals surface area contributed by atoms with Gasteiger partial charge >= 0.3 is 11.9 Å². The number of thiophene rings is 1. The Bertz CT molecular complexity index is 1150. The third-order valence-electron chi connectivity index (χ3n) is 6.38. The number of rotatable bonds is 6. The molecule has 1 saturated carbocycles. The topological polar surface area (TPSA) is 70.4 Å². The summed E-state index contributed by atoms with van der Waals surface area (Å²) in [5.74, 6) is -0.133. The molecule has 0 N–H and O–H groups in total. The van der Waals surface area contributed by atoms with Crippen LogP contribution in [0.15, 0.2) is 30.3 Å². The molecule has 0 aliphatic heterocycles. The summed E-state index contributed by atoms with van der Waals surface area (Å²) >= 11 is 1.22. The van der Waals surface area contributed by atoms with E-state index in [1.165, 1.54) is 23.5 Å². The Balaban J connectivity index is 1.42. The zero-order valence-corrected chi connectivity index (χ0v) is 20.2. The fourth-order valence-electron chi connectivity index (χ4n) is 4.55. The molecule has 6 nitrogen and oxygen atoms in total. The van der Waals surface area contributed by atoms with Crippen LogP contribution in [0.5, 0.6) is 0 Å². The van der Waals surface area contributed by atoms with Crippen molar-refractivity contribution in [3.8, 4) is 5.69 Å². The summed E-state index contributed by atoms with van der Waals surface area (Å²) in [6.45, 7) is 7.91. The van der Waals surface area contributed by atoms with Gasteiger partial charge in [-0.25, -0.2) is 18.7 Å². The van der Waals surface area contributed by atoms with E-state index in [0.29, 0.717) is 28.3 Å². The van der Waals surface area contributed by atoms with E-state index in [0.717, 1.165) is 35.2 Å². The van der Waals surface area contributed by atoms with E-state index < -0.39 is 18.5 Å². The second kappa shape index (κ2) is 9.63. The molecule has 0 amide bonds. The van der Waals surface area contributed by atoms with E-state index in [1.54, 1.807) is 22.9 Å². The van der Waals surface area contributed by atoms with Gasteiger partial charge in [0.25, 0.3) is 0 Å². The minimum atomic E-state index is -0.573. The van der Waals surface area contributed by atoms with Crippen LogP contribution in [0.1, 0.15) is 55.4 Å². The molecule has 33 heavy (non-hydrogen) atoms. The quantitative estimate of drug-likeness (QED) is 0.431. The third kappa shape index (κ3) is 5.11. The normalized spacial score (nSPS) is 20.8. The molecule has 4 rings (SSSR count). The highest BCUT2D eigenvalue weighted by atomic mass is 32.1. The van der Waals surface area contributed by atoms with Crippen LogP contribution in [0.3, 0.4) is 0 Å². The zero-order valence-electron chi connectivity index (χ0n) is 19.3. The Morgan fingerprint density at radius 1 is 1.24 bits per heavy atom. The number of nitrogens with zero attached hydrogens (tertiary/aromatic N) is 2. The first kappa shape index (κ1) is 23.4. The van der Waals surface area contributed by atoms with Gasteiger partial charge in [-0.3, -0.25) is 0 Å². The molecule has 176 valence electrons. The SMILES string of the molecule is Cc1nn(-c2ccc(F)cc2)c2sc(C(=O)OCC(=O)O[C@H]3C[C@H](C)CC[C@@H]3C(C)C)cc12. The number of carbonyl (C=O) groups is 2. The van der Waals surface area contributed by atoms with Gasteiger partial charge in [-0.05, 0) is 67.9 Å². The Morgan fingerprint density at radius 3 is 2.67 bits per heavy atom. The van der Waals surface area contributed by atoms with Crippen LogP contribution in [-0.2, 0) is 14.3 Å². The maximum atomic E-state index is 13.3. The van der Waals surface area contributed by atoms with Gasteiger partial charge in [-0.1, -0.05) is 27.2 Å². The molecule has 0 bridgehead atoms. The molecule has 3 atom stereocenters. The van der Waals surface area contributed by atoms with E-state index in [-0.39, 0.29) is 11.9 Å². The second-order valence-corrected chi connectivity index (χ2v) is 10.3. The molecule has 1 aliphatic carbocycles. The minimum absolute atomic E-state index is 0.131. The number of aromatic nitrogens is 2. The molecular formula is C25H29FN2O4S. The summed E-state index contributed by atoms with van der Waals surface area (Å²) < 4.78 is 25.9. The summed E-state index contributed by atoms with van der Waals surface area (Å²) in [6.07, 6.45) is 2.90. The van der Waals surface area contributed by atoms with Crippen molar-refractivity contribution in [3.05, 3.63) is 46.7 Å². The fourth-order valence-corrected chi connectivity index (χ4v) is 5.63. The van der Waals surface area contributed by atoms with Crippen LogP contribution in [0.25, 0.3) is 15.9 Å². The summed E-state index contributed by atoms with van der Waals surface area (Å²) in [5, 5.41) is 5.31. The average Bonchev–Trinajstić information content (AvgIpc) is 3.33. The number of benzene rings is 1. The third-order valence-corrected chi connectivity index (χ3v) is 7.47. The monoisotopic (exact) mass is 472 g/mol. The van der Waals surface area contributed by atoms with Gasteiger partial charge in [0, 0.05) is 5.39 Å². The molecule has 0 radical (unpaired) electrons. The highest BCUT2D eigenvalue weighted by Crippen LogP contribution is 2.35. The standard InChI is InChI=1S/C25H29FN2O4S/c1-14(2)19-10-5-15(3)11-21(19)32-23(29)13-31-25(30)22-12-20-16(4)27-28(24(20)33-22)18-8-6-17(26)7-9-18/h6-9,12,14-15,19,21H,5,10-11,13H2,1-4H3/t15-,19-,21+/m1/s1. The largest absolute Gasteiger partial charge is 0.460 e. The van der Waals surface area contributed by atoms with Crippen LogP contribution in [0.4, 0.5) is 4.39 Å². The molecule has 1 aromatic carbocycles. The lowest BCUT2D eigenvalue weighted by Crippen LogP contribution is -2.36. The van der Waals surface area contributed by atoms with E-state index in [4.69, 9.17) is 9.47 Å². The van der Waals surface area contributed by atoms with Crippen molar-refractivity contribution in [2.45, 2.75) is 53.1 Å². The summed E-state index contributed by atoms with van der Waals surface area (Å²) in [7, 11) is 0. The number of halogens is 1. The van der Waals surface area contributed by atoms with E-state index in [2.05, 4.69) is 25.9 Å². The number of ether oxygens (including phenoxy) is 2. The first-order valence-electron chi connectivity index (χ1n) is 11.3. The van der Waals surface area contributed by atoms with Crippen molar-refractivity contribution in [3.63, 3.8) is 0 Å². The fraction of sp³-hybridized carbons (Fsp3) is 0.480. The smallest absolute Gasteiger partial charge is 0.348 e. The van der Waals surface area contributed by atoms with Gasteiger partial charge in [0.2, 0.25) is 0 Å². The van der Waals surface area contributed by atoms with Crippen molar-refractivity contribution in [2.75, 3.05) is 6.61 Å². The second-order valence-electron chi connectivity index (χ2n) is 9.23. The molecule has 2 aromatic heterocycles.